The molecule has 0 aliphatic heterocycles. The lowest BCUT2D eigenvalue weighted by molar-refractivity contribution is -0.131. The number of carbonyl (C=O) groups is 1. The largest absolute Gasteiger partial charge is 0.478 e. The SMILES string of the molecule is C/C(=C\C(=O)O)I=O. The standard InChI is InChI=1S/C4H5IO3/c1-3(5-8)2-4(6)7/h2H,1H3,(H,6,7)/b3-2+. The third-order valence-corrected chi connectivity index (χ3v) is 1.45. The van der Waals surface area contributed by atoms with Gasteiger partial charge in [0.1, 0.15) is 0 Å². The second-order valence-corrected chi connectivity index (χ2v) is 3.29. The van der Waals surface area contributed by atoms with Gasteiger partial charge < -0.3 is 5.11 Å². The van der Waals surface area contributed by atoms with E-state index >= 15 is 0 Å². The maximum Gasteiger partial charge on any atom is 0.329 e. The first kappa shape index (κ1) is 7.74. The third kappa shape index (κ3) is 3.91. The van der Waals surface area contributed by atoms with Crippen molar-refractivity contribution in [2.75, 3.05) is 0 Å². The minimum atomic E-state index is -1.26. The molecule has 3 nitrogen and oxygen atoms in total. The third-order valence-electron chi connectivity index (χ3n) is 0.444. The summed E-state index contributed by atoms with van der Waals surface area (Å²) in [5.74, 6) is -1.03. The molecule has 4 heteroatoms. The van der Waals surface area contributed by atoms with Gasteiger partial charge >= 0.3 is 5.97 Å². The average molecular weight is 228 g/mol. The number of carboxylic acids is 1. The fourth-order valence-corrected chi connectivity index (χ4v) is 0.586. The molecule has 0 aromatic carbocycles. The first-order chi connectivity index (χ1) is 3.66. The first-order valence-electron chi connectivity index (χ1n) is 1.85. The van der Waals surface area contributed by atoms with Crippen molar-refractivity contribution in [2.24, 2.45) is 0 Å². The number of allylic oxidation sites excluding steroid dienone is 1. The molecule has 0 aromatic heterocycles. The molecule has 0 aliphatic carbocycles. The van der Waals surface area contributed by atoms with Crippen LogP contribution in [0.4, 0.5) is 0 Å². The highest BCUT2D eigenvalue weighted by molar-refractivity contribution is 14.2. The van der Waals surface area contributed by atoms with Crippen LogP contribution in [0.2, 0.25) is 0 Å². The van der Waals surface area contributed by atoms with E-state index in [1.54, 1.807) is 0 Å². The molecule has 0 saturated carbocycles. The zero-order valence-corrected chi connectivity index (χ0v) is 6.38. The first-order valence-corrected chi connectivity index (χ1v) is 3.81. The van der Waals surface area contributed by atoms with E-state index in [1.165, 1.54) is 6.92 Å². The van der Waals surface area contributed by atoms with Crippen LogP contribution in [0.3, 0.4) is 0 Å². The van der Waals surface area contributed by atoms with Gasteiger partial charge in [0.25, 0.3) is 0 Å². The Morgan fingerprint density at radius 1 is 1.75 bits per heavy atom. The van der Waals surface area contributed by atoms with Gasteiger partial charge in [-0.05, 0) is 6.92 Å². The van der Waals surface area contributed by atoms with Gasteiger partial charge in [0.15, 0.2) is 21.2 Å². The number of aliphatic carboxylic acids is 1. The van der Waals surface area contributed by atoms with Crippen molar-refractivity contribution in [1.82, 2.24) is 0 Å². The van der Waals surface area contributed by atoms with Crippen LogP contribution >= 0.6 is 21.2 Å². The quantitative estimate of drug-likeness (QED) is 0.572. The Bertz CT molecular complexity index is 138. The Hall–Kier alpha value is -0.260. The van der Waals surface area contributed by atoms with Crippen molar-refractivity contribution < 1.29 is 13.0 Å². The summed E-state index contributed by atoms with van der Waals surface area (Å²) in [5, 5.41) is 8.02. The topological polar surface area (TPSA) is 54.4 Å². The minimum absolute atomic E-state index is 0.455. The molecule has 0 atom stereocenters. The molecule has 8 heavy (non-hydrogen) atoms. The lowest BCUT2D eigenvalue weighted by Crippen LogP contribution is -1.85. The Morgan fingerprint density at radius 3 is 2.38 bits per heavy atom. The molecule has 0 radical (unpaired) electrons. The van der Waals surface area contributed by atoms with Crippen molar-refractivity contribution in [3.05, 3.63) is 9.66 Å². The maximum absolute atomic E-state index is 9.94. The van der Waals surface area contributed by atoms with Gasteiger partial charge in [0, 0.05) is 9.66 Å². The van der Waals surface area contributed by atoms with Gasteiger partial charge in [-0.15, -0.1) is 0 Å². The molecule has 0 spiro atoms. The number of rotatable bonds is 2. The highest BCUT2D eigenvalue weighted by Crippen LogP contribution is 2.08. The summed E-state index contributed by atoms with van der Waals surface area (Å²) in [6.07, 6.45) is 0.959. The molecule has 0 amide bonds. The number of hydrogen-bond acceptors (Lipinski definition) is 2. The van der Waals surface area contributed by atoms with E-state index in [0.29, 0.717) is 3.58 Å². The van der Waals surface area contributed by atoms with Gasteiger partial charge in [0.2, 0.25) is 0 Å². The predicted octanol–water partition coefficient (Wildman–Crippen LogP) is 1.29. The molecule has 46 valence electrons. The van der Waals surface area contributed by atoms with Crippen LogP contribution in [0.25, 0.3) is 0 Å². The van der Waals surface area contributed by atoms with E-state index in [1.807, 2.05) is 0 Å². The summed E-state index contributed by atoms with van der Waals surface area (Å²) in [5.41, 5.74) is 0. The van der Waals surface area contributed by atoms with E-state index in [2.05, 4.69) is 0 Å². The van der Waals surface area contributed by atoms with Crippen LogP contribution < -0.4 is 0 Å². The lowest BCUT2D eigenvalue weighted by atomic mass is 10.5. The highest BCUT2D eigenvalue weighted by Gasteiger charge is 1.89. The summed E-state index contributed by atoms with van der Waals surface area (Å²) in [6, 6.07) is 0. The minimum Gasteiger partial charge on any atom is -0.478 e. The summed E-state index contributed by atoms with van der Waals surface area (Å²) >= 11 is -1.26. The van der Waals surface area contributed by atoms with Crippen LogP contribution in [0, 0.1) is 0 Å². The average Bonchev–Trinajstić information content (AvgIpc) is 1.65. The molecule has 0 heterocycles. The van der Waals surface area contributed by atoms with Crippen LogP contribution in [-0.2, 0) is 7.86 Å². The highest BCUT2D eigenvalue weighted by atomic mass is 127. The van der Waals surface area contributed by atoms with E-state index < -0.39 is 27.2 Å². The zero-order chi connectivity index (χ0) is 6.57. The van der Waals surface area contributed by atoms with Crippen LogP contribution in [0.1, 0.15) is 6.92 Å². The number of carboxylic acid groups (broad SMARTS) is 1. The molecule has 0 bridgehead atoms. The van der Waals surface area contributed by atoms with Crippen LogP contribution in [-0.4, -0.2) is 11.1 Å². The van der Waals surface area contributed by atoms with Crippen molar-refractivity contribution in [2.45, 2.75) is 6.92 Å². The summed E-state index contributed by atoms with van der Waals surface area (Å²) in [4.78, 5) is 9.77. The summed E-state index contributed by atoms with van der Waals surface area (Å²) < 4.78 is 10.4. The van der Waals surface area contributed by atoms with Crippen LogP contribution in [0.15, 0.2) is 9.66 Å². The lowest BCUT2D eigenvalue weighted by Gasteiger charge is -1.77. The second-order valence-electron chi connectivity index (χ2n) is 1.15. The number of halogens is 1. The van der Waals surface area contributed by atoms with Gasteiger partial charge in [-0.2, -0.15) is 0 Å². The molecule has 0 rings (SSSR count). The molecule has 1 N–H and O–H groups in total. The van der Waals surface area contributed by atoms with Gasteiger partial charge in [0.05, 0.1) is 0 Å². The Labute approximate surface area is 57.0 Å². The molecule has 0 saturated heterocycles. The Balaban J connectivity index is 3.94. The maximum atomic E-state index is 9.94. The van der Waals surface area contributed by atoms with E-state index in [9.17, 15) is 7.86 Å². The fourth-order valence-electron chi connectivity index (χ4n) is 0.192. The molecule has 0 unspecified atom stereocenters. The van der Waals surface area contributed by atoms with Crippen molar-refractivity contribution >= 4 is 27.2 Å². The molecular weight excluding hydrogens is 223 g/mol. The van der Waals surface area contributed by atoms with Gasteiger partial charge in [-0.3, -0.25) is 3.07 Å². The summed E-state index contributed by atoms with van der Waals surface area (Å²) in [6.45, 7) is 1.54. The molecule has 0 aromatic rings. The second kappa shape index (κ2) is 3.71. The molecular formula is C4H5IO3. The Morgan fingerprint density at radius 2 is 2.25 bits per heavy atom. The zero-order valence-electron chi connectivity index (χ0n) is 4.22. The molecule has 0 aliphatic rings. The summed E-state index contributed by atoms with van der Waals surface area (Å²) in [7, 11) is 0. The number of hydrogen-bond donors (Lipinski definition) is 1. The molecule has 0 fully saturated rings. The smallest absolute Gasteiger partial charge is 0.329 e. The van der Waals surface area contributed by atoms with E-state index in [4.69, 9.17) is 5.11 Å². The fraction of sp³-hybridized carbons (Fsp3) is 0.250. The monoisotopic (exact) mass is 228 g/mol. The Kier molecular flexibility index (Phi) is 3.59. The van der Waals surface area contributed by atoms with Crippen molar-refractivity contribution in [1.29, 1.82) is 0 Å². The van der Waals surface area contributed by atoms with Crippen molar-refractivity contribution in [3.63, 3.8) is 0 Å². The van der Waals surface area contributed by atoms with Crippen molar-refractivity contribution in [3.8, 4) is 0 Å². The van der Waals surface area contributed by atoms with Gasteiger partial charge in [-0.25, -0.2) is 4.79 Å². The van der Waals surface area contributed by atoms with E-state index in [0.717, 1.165) is 6.08 Å². The van der Waals surface area contributed by atoms with E-state index in [-0.39, 0.29) is 0 Å². The normalized spacial score (nSPS) is 11.4. The van der Waals surface area contributed by atoms with Gasteiger partial charge in [-0.1, -0.05) is 0 Å². The van der Waals surface area contributed by atoms with Crippen LogP contribution in [0.5, 0.6) is 0 Å². The predicted molar refractivity (Wildman–Crippen MR) is 36.1 cm³/mol.